The van der Waals surface area contributed by atoms with Crippen LogP contribution in [0.3, 0.4) is 0 Å². The lowest BCUT2D eigenvalue weighted by Crippen LogP contribution is -2.16. The van der Waals surface area contributed by atoms with E-state index in [1.807, 2.05) is 32.0 Å². The van der Waals surface area contributed by atoms with Gasteiger partial charge in [0, 0.05) is 5.69 Å². The molecule has 0 aliphatic heterocycles. The van der Waals surface area contributed by atoms with Crippen LogP contribution in [0.1, 0.15) is 17.5 Å². The summed E-state index contributed by atoms with van der Waals surface area (Å²) in [5.41, 5.74) is 3.15. The number of halogens is 2. The number of aryl methyl sites for hydroxylation is 2. The zero-order chi connectivity index (χ0) is 11.9. The van der Waals surface area contributed by atoms with Gasteiger partial charge in [-0.25, -0.2) is 0 Å². The van der Waals surface area contributed by atoms with Crippen molar-refractivity contribution in [2.24, 2.45) is 5.92 Å². The number of carbonyl (C=O) groups excluding carboxylic acids is 1. The second-order valence-corrected chi connectivity index (χ2v) is 5.85. The van der Waals surface area contributed by atoms with E-state index in [-0.39, 0.29) is 11.8 Å². The number of hydrogen-bond acceptors (Lipinski definition) is 1. The monoisotopic (exact) mass is 257 g/mol. The molecule has 0 heterocycles. The van der Waals surface area contributed by atoms with Crippen LogP contribution >= 0.6 is 23.2 Å². The number of nitrogens with one attached hydrogen (secondary N) is 1. The summed E-state index contributed by atoms with van der Waals surface area (Å²) in [5.74, 6) is -0.384. The smallest absolute Gasteiger partial charge is 0.230 e. The Morgan fingerprint density at radius 2 is 2.00 bits per heavy atom. The Morgan fingerprint density at radius 3 is 2.50 bits per heavy atom. The zero-order valence-electron chi connectivity index (χ0n) is 9.18. The van der Waals surface area contributed by atoms with Gasteiger partial charge in [0.25, 0.3) is 0 Å². The first-order valence-electron chi connectivity index (χ1n) is 5.16. The second-order valence-electron chi connectivity index (χ2n) is 4.31. The van der Waals surface area contributed by atoms with Crippen molar-refractivity contribution in [2.45, 2.75) is 24.6 Å². The van der Waals surface area contributed by atoms with E-state index in [1.165, 1.54) is 5.56 Å². The Hall–Kier alpha value is -0.730. The first-order chi connectivity index (χ1) is 7.40. The molecule has 2 nitrogen and oxygen atoms in total. The third-order valence-electron chi connectivity index (χ3n) is 2.92. The zero-order valence-corrected chi connectivity index (χ0v) is 10.7. The number of hydrogen-bond donors (Lipinski definition) is 1. The summed E-state index contributed by atoms with van der Waals surface area (Å²) in [6.45, 7) is 4.04. The minimum absolute atomic E-state index is 0.103. The predicted molar refractivity (Wildman–Crippen MR) is 67.1 cm³/mol. The molecular formula is C12H13Cl2NO. The summed E-state index contributed by atoms with van der Waals surface area (Å²) in [5, 5.41) is 2.82. The third-order valence-corrected chi connectivity index (χ3v) is 3.75. The van der Waals surface area contributed by atoms with Crippen LogP contribution in [0.2, 0.25) is 0 Å². The Kier molecular flexibility index (Phi) is 2.89. The van der Waals surface area contributed by atoms with Crippen LogP contribution in [0.5, 0.6) is 0 Å². The molecule has 1 N–H and O–H groups in total. The Morgan fingerprint density at radius 1 is 1.38 bits per heavy atom. The molecule has 1 amide bonds. The van der Waals surface area contributed by atoms with E-state index in [9.17, 15) is 4.79 Å². The molecule has 86 valence electrons. The van der Waals surface area contributed by atoms with Crippen LogP contribution in [-0.4, -0.2) is 10.2 Å². The van der Waals surface area contributed by atoms with E-state index in [2.05, 4.69) is 5.32 Å². The summed E-state index contributed by atoms with van der Waals surface area (Å²) in [6, 6.07) is 5.80. The van der Waals surface area contributed by atoms with Crippen molar-refractivity contribution in [3.8, 4) is 0 Å². The summed E-state index contributed by atoms with van der Waals surface area (Å²) in [4.78, 5) is 11.7. The van der Waals surface area contributed by atoms with Gasteiger partial charge in [-0.3, -0.25) is 4.79 Å². The molecule has 16 heavy (non-hydrogen) atoms. The van der Waals surface area contributed by atoms with Gasteiger partial charge in [0.1, 0.15) is 4.33 Å². The van der Waals surface area contributed by atoms with Gasteiger partial charge >= 0.3 is 0 Å². The molecule has 1 saturated carbocycles. The lowest BCUT2D eigenvalue weighted by atomic mass is 10.1. The van der Waals surface area contributed by atoms with Crippen LogP contribution in [0.15, 0.2) is 18.2 Å². The molecule has 4 heteroatoms. The van der Waals surface area contributed by atoms with Crippen molar-refractivity contribution < 1.29 is 4.79 Å². The normalized spacial score (nSPS) is 21.6. The molecule has 1 fully saturated rings. The number of carbonyl (C=O) groups is 1. The number of amides is 1. The van der Waals surface area contributed by atoms with E-state index in [0.717, 1.165) is 11.3 Å². The van der Waals surface area contributed by atoms with Gasteiger partial charge in [-0.15, -0.1) is 23.2 Å². The lowest BCUT2D eigenvalue weighted by molar-refractivity contribution is -0.117. The van der Waals surface area contributed by atoms with Gasteiger partial charge in [0.2, 0.25) is 5.91 Å². The summed E-state index contributed by atoms with van der Waals surface area (Å²) >= 11 is 11.7. The van der Waals surface area contributed by atoms with E-state index in [4.69, 9.17) is 23.2 Å². The van der Waals surface area contributed by atoms with Gasteiger partial charge in [0.05, 0.1) is 5.92 Å². The molecule has 1 atom stereocenters. The average molecular weight is 258 g/mol. The molecule has 1 aromatic carbocycles. The molecule has 0 bridgehead atoms. The third kappa shape index (κ3) is 2.33. The Bertz CT molecular complexity index is 443. The maximum absolute atomic E-state index is 11.7. The van der Waals surface area contributed by atoms with E-state index in [1.54, 1.807) is 0 Å². The molecule has 0 aromatic heterocycles. The van der Waals surface area contributed by atoms with E-state index < -0.39 is 4.33 Å². The highest BCUT2D eigenvalue weighted by Crippen LogP contribution is 2.53. The molecule has 0 radical (unpaired) electrons. The van der Waals surface area contributed by atoms with Gasteiger partial charge in [0.15, 0.2) is 0 Å². The molecule has 0 spiro atoms. The quantitative estimate of drug-likeness (QED) is 0.809. The highest BCUT2D eigenvalue weighted by molar-refractivity contribution is 6.52. The van der Waals surface area contributed by atoms with Crippen LogP contribution in [0.4, 0.5) is 5.69 Å². The minimum atomic E-state index is -0.857. The largest absolute Gasteiger partial charge is 0.326 e. The van der Waals surface area contributed by atoms with Gasteiger partial charge in [-0.05, 0) is 43.5 Å². The molecular weight excluding hydrogens is 245 g/mol. The van der Waals surface area contributed by atoms with Crippen molar-refractivity contribution in [1.29, 1.82) is 0 Å². The number of benzene rings is 1. The molecule has 1 aliphatic rings. The second kappa shape index (κ2) is 3.94. The average Bonchev–Trinajstić information content (AvgIpc) is 2.82. The first-order valence-corrected chi connectivity index (χ1v) is 5.92. The predicted octanol–water partition coefficient (Wildman–Crippen LogP) is 3.44. The van der Waals surface area contributed by atoms with Crippen molar-refractivity contribution >= 4 is 34.8 Å². The van der Waals surface area contributed by atoms with Crippen molar-refractivity contribution in [3.05, 3.63) is 29.3 Å². The topological polar surface area (TPSA) is 29.1 Å². The fourth-order valence-corrected chi connectivity index (χ4v) is 2.05. The number of anilines is 1. The lowest BCUT2D eigenvalue weighted by Gasteiger charge is -2.07. The summed E-state index contributed by atoms with van der Waals surface area (Å²) < 4.78 is -0.857. The first kappa shape index (κ1) is 11.7. The summed E-state index contributed by atoms with van der Waals surface area (Å²) in [6.07, 6.45) is 0.535. The van der Waals surface area contributed by atoms with E-state index in [0.29, 0.717) is 6.42 Å². The summed E-state index contributed by atoms with van der Waals surface area (Å²) in [7, 11) is 0. The SMILES string of the molecule is Cc1ccc(NC(=O)C2CC2(Cl)Cl)cc1C. The Labute approximate surface area is 105 Å². The van der Waals surface area contributed by atoms with Crippen molar-refractivity contribution in [1.82, 2.24) is 0 Å². The van der Waals surface area contributed by atoms with Gasteiger partial charge in [-0.2, -0.15) is 0 Å². The maximum Gasteiger partial charge on any atom is 0.230 e. The standard InChI is InChI=1S/C12H13Cl2NO/c1-7-3-4-9(5-8(7)2)15-11(16)10-6-12(10,13)14/h3-5,10H,6H2,1-2H3,(H,15,16). The fourth-order valence-electron chi connectivity index (χ4n) is 1.55. The minimum Gasteiger partial charge on any atom is -0.326 e. The molecule has 2 rings (SSSR count). The molecule has 1 aromatic rings. The molecule has 1 aliphatic carbocycles. The van der Waals surface area contributed by atoms with Gasteiger partial charge < -0.3 is 5.32 Å². The molecule has 0 saturated heterocycles. The highest BCUT2D eigenvalue weighted by Gasteiger charge is 2.56. The fraction of sp³-hybridized carbons (Fsp3) is 0.417. The van der Waals surface area contributed by atoms with Crippen molar-refractivity contribution in [3.63, 3.8) is 0 Å². The van der Waals surface area contributed by atoms with E-state index >= 15 is 0 Å². The van der Waals surface area contributed by atoms with Crippen molar-refractivity contribution in [2.75, 3.05) is 5.32 Å². The van der Waals surface area contributed by atoms with Crippen LogP contribution in [-0.2, 0) is 4.79 Å². The molecule has 1 unspecified atom stereocenters. The maximum atomic E-state index is 11.7. The van der Waals surface area contributed by atoms with Crippen LogP contribution in [0, 0.1) is 19.8 Å². The number of alkyl halides is 2. The Balaban J connectivity index is 2.05. The van der Waals surface area contributed by atoms with Gasteiger partial charge in [-0.1, -0.05) is 6.07 Å². The van der Waals surface area contributed by atoms with Crippen LogP contribution in [0.25, 0.3) is 0 Å². The van der Waals surface area contributed by atoms with Crippen LogP contribution < -0.4 is 5.32 Å². The highest BCUT2D eigenvalue weighted by atomic mass is 35.5. The number of rotatable bonds is 2.